The van der Waals surface area contributed by atoms with Crippen LogP contribution in [0.1, 0.15) is 43.4 Å². The SMILES string of the molecule is CCN(CC)S(=O)(=O)c1cccc(-n2c(O)c(C=NC3CCCN(c4c(C)cc(Br)cc4C)C3=O)c3ccccc3c2=O)c1. The second-order valence-electron chi connectivity index (χ2n) is 10.8. The van der Waals surface area contributed by atoms with Gasteiger partial charge in [-0.3, -0.25) is 14.6 Å². The Balaban J connectivity index is 1.59. The van der Waals surface area contributed by atoms with Gasteiger partial charge in [0.2, 0.25) is 15.9 Å². The van der Waals surface area contributed by atoms with Crippen molar-refractivity contribution in [3.8, 4) is 11.6 Å². The first-order chi connectivity index (χ1) is 21.0. The van der Waals surface area contributed by atoms with Crippen LogP contribution in [-0.2, 0) is 14.8 Å². The molecule has 3 aromatic carbocycles. The maximum atomic E-state index is 13.7. The van der Waals surface area contributed by atoms with Gasteiger partial charge in [0.15, 0.2) is 0 Å². The van der Waals surface area contributed by atoms with E-state index >= 15 is 0 Å². The molecule has 4 aromatic rings. The van der Waals surface area contributed by atoms with E-state index in [1.807, 2.05) is 26.0 Å². The number of halogens is 1. The number of benzene rings is 3. The number of rotatable bonds is 8. The molecule has 5 rings (SSSR count). The van der Waals surface area contributed by atoms with Crippen LogP contribution in [0.3, 0.4) is 0 Å². The largest absolute Gasteiger partial charge is 0.494 e. The number of aromatic nitrogens is 1. The molecule has 230 valence electrons. The molecular weight excluding hydrogens is 644 g/mol. The van der Waals surface area contributed by atoms with Crippen molar-refractivity contribution < 1.29 is 18.3 Å². The zero-order valence-electron chi connectivity index (χ0n) is 25.1. The van der Waals surface area contributed by atoms with Crippen LogP contribution in [-0.4, -0.2) is 60.2 Å². The molecule has 1 saturated heterocycles. The van der Waals surface area contributed by atoms with Crippen molar-refractivity contribution in [1.29, 1.82) is 0 Å². The number of piperidine rings is 1. The highest BCUT2D eigenvalue weighted by atomic mass is 79.9. The zero-order valence-corrected chi connectivity index (χ0v) is 27.5. The molecule has 1 amide bonds. The number of carbonyl (C=O) groups is 1. The molecule has 1 N–H and O–H groups in total. The van der Waals surface area contributed by atoms with Crippen LogP contribution in [0.15, 0.2) is 79.8 Å². The number of sulfonamides is 1. The van der Waals surface area contributed by atoms with Gasteiger partial charge >= 0.3 is 0 Å². The number of pyridine rings is 1. The lowest BCUT2D eigenvalue weighted by Crippen LogP contribution is -2.44. The third-order valence-corrected chi connectivity index (χ3v) is 10.5. The first kappa shape index (κ1) is 31.6. The normalized spacial score (nSPS) is 16.0. The summed E-state index contributed by atoms with van der Waals surface area (Å²) in [4.78, 5) is 33.8. The molecule has 1 aliphatic heterocycles. The first-order valence-corrected chi connectivity index (χ1v) is 16.8. The molecule has 0 bridgehead atoms. The smallest absolute Gasteiger partial charge is 0.265 e. The Morgan fingerprint density at radius 1 is 1.00 bits per heavy atom. The van der Waals surface area contributed by atoms with Gasteiger partial charge in [-0.2, -0.15) is 4.31 Å². The minimum Gasteiger partial charge on any atom is -0.494 e. The number of fused-ring (bicyclic) bond motifs is 1. The van der Waals surface area contributed by atoms with Crippen LogP contribution in [0, 0.1) is 13.8 Å². The Morgan fingerprint density at radius 3 is 2.32 bits per heavy atom. The summed E-state index contributed by atoms with van der Waals surface area (Å²) in [7, 11) is -3.81. The number of carbonyl (C=O) groups excluding carboxylic acids is 1. The predicted octanol–water partition coefficient (Wildman–Crippen LogP) is 5.72. The monoisotopic (exact) mass is 678 g/mol. The lowest BCUT2D eigenvalue weighted by molar-refractivity contribution is -0.120. The standard InChI is InChI=1S/C33H35BrN4O5S/c1-5-36(6-2)44(42,43)25-12-9-11-24(19-25)38-31(39)27-14-8-7-13-26(27)28(32(38)40)20-35-29-15-10-16-37(33(29)41)30-21(3)17-23(34)18-22(30)4/h7-9,11-14,17-20,29,40H,5-6,10,15-16H2,1-4H3. The Labute approximate surface area is 265 Å². The third kappa shape index (κ3) is 5.71. The summed E-state index contributed by atoms with van der Waals surface area (Å²) < 4.78 is 29.8. The number of hydrogen-bond donors (Lipinski definition) is 1. The van der Waals surface area contributed by atoms with E-state index in [0.717, 1.165) is 32.3 Å². The summed E-state index contributed by atoms with van der Waals surface area (Å²) in [6, 6.07) is 16.1. The molecule has 44 heavy (non-hydrogen) atoms. The number of aliphatic imine (C=N–C) groups is 1. The second kappa shape index (κ2) is 12.7. The van der Waals surface area contributed by atoms with Crippen LogP contribution in [0.2, 0.25) is 0 Å². The molecule has 0 aliphatic carbocycles. The number of amides is 1. The first-order valence-electron chi connectivity index (χ1n) is 14.6. The van der Waals surface area contributed by atoms with E-state index in [9.17, 15) is 23.1 Å². The number of nitrogens with zero attached hydrogens (tertiary/aromatic N) is 4. The van der Waals surface area contributed by atoms with Crippen LogP contribution in [0.5, 0.6) is 5.88 Å². The van der Waals surface area contributed by atoms with Gasteiger partial charge in [0.25, 0.3) is 11.5 Å². The van der Waals surface area contributed by atoms with E-state index in [1.54, 1.807) is 55.1 Å². The van der Waals surface area contributed by atoms with E-state index < -0.39 is 27.5 Å². The number of anilines is 1. The summed E-state index contributed by atoms with van der Waals surface area (Å²) in [5, 5.41) is 12.3. The molecule has 1 unspecified atom stereocenters. The Kier molecular flexibility index (Phi) is 9.10. The van der Waals surface area contributed by atoms with Gasteiger partial charge < -0.3 is 10.0 Å². The molecule has 0 radical (unpaired) electrons. The van der Waals surface area contributed by atoms with Crippen LogP contribution >= 0.6 is 15.9 Å². The van der Waals surface area contributed by atoms with Crippen molar-refractivity contribution in [2.45, 2.75) is 51.5 Å². The van der Waals surface area contributed by atoms with Crippen molar-refractivity contribution >= 4 is 54.5 Å². The van der Waals surface area contributed by atoms with Crippen LogP contribution in [0.25, 0.3) is 16.5 Å². The summed E-state index contributed by atoms with van der Waals surface area (Å²) >= 11 is 3.52. The van der Waals surface area contributed by atoms with Gasteiger partial charge in [0.1, 0.15) is 6.04 Å². The third-order valence-electron chi connectivity index (χ3n) is 8.04. The number of aromatic hydroxyl groups is 1. The van der Waals surface area contributed by atoms with Crippen molar-refractivity contribution in [3.05, 3.63) is 92.2 Å². The van der Waals surface area contributed by atoms with Gasteiger partial charge in [-0.1, -0.05) is 54.0 Å². The fourth-order valence-electron chi connectivity index (χ4n) is 5.93. The van der Waals surface area contributed by atoms with Gasteiger partial charge in [0.05, 0.1) is 16.1 Å². The molecule has 1 aliphatic rings. The summed E-state index contributed by atoms with van der Waals surface area (Å²) in [5.41, 5.74) is 2.79. The average Bonchev–Trinajstić information content (AvgIpc) is 2.99. The Bertz CT molecular complexity index is 1930. The van der Waals surface area contributed by atoms with E-state index in [0.29, 0.717) is 36.8 Å². The lowest BCUT2D eigenvalue weighted by Gasteiger charge is -2.33. The predicted molar refractivity (Wildman–Crippen MR) is 178 cm³/mol. The molecule has 1 aromatic heterocycles. The lowest BCUT2D eigenvalue weighted by atomic mass is 10.0. The summed E-state index contributed by atoms with van der Waals surface area (Å²) in [6.07, 6.45) is 2.75. The molecule has 11 heteroatoms. The van der Waals surface area contributed by atoms with Crippen molar-refractivity contribution in [1.82, 2.24) is 8.87 Å². The quantitative estimate of drug-likeness (QED) is 0.240. The van der Waals surface area contributed by atoms with Crippen LogP contribution < -0.4 is 10.5 Å². The minimum atomic E-state index is -3.81. The molecule has 0 saturated carbocycles. The van der Waals surface area contributed by atoms with Crippen LogP contribution in [0.4, 0.5) is 5.69 Å². The maximum absolute atomic E-state index is 13.7. The summed E-state index contributed by atoms with van der Waals surface area (Å²) in [6.45, 7) is 8.64. The minimum absolute atomic E-state index is 0.0137. The fourth-order valence-corrected chi connectivity index (χ4v) is 8.12. The van der Waals surface area contributed by atoms with Gasteiger partial charge in [-0.05, 0) is 74.2 Å². The highest BCUT2D eigenvalue weighted by Gasteiger charge is 2.31. The Morgan fingerprint density at radius 2 is 1.66 bits per heavy atom. The second-order valence-corrected chi connectivity index (χ2v) is 13.7. The van der Waals surface area contributed by atoms with Gasteiger partial charge in [-0.15, -0.1) is 0 Å². The van der Waals surface area contributed by atoms with E-state index in [-0.39, 0.29) is 22.1 Å². The fraction of sp³-hybridized carbons (Fsp3) is 0.303. The Hall–Kier alpha value is -3.80. The molecule has 1 atom stereocenters. The van der Waals surface area contributed by atoms with Crippen molar-refractivity contribution in [3.63, 3.8) is 0 Å². The topological polar surface area (TPSA) is 112 Å². The average molecular weight is 680 g/mol. The van der Waals surface area contributed by atoms with E-state index in [4.69, 9.17) is 0 Å². The zero-order chi connectivity index (χ0) is 31.8. The number of hydrogen-bond acceptors (Lipinski definition) is 6. The summed E-state index contributed by atoms with van der Waals surface area (Å²) in [5.74, 6) is -0.526. The molecule has 2 heterocycles. The van der Waals surface area contributed by atoms with E-state index in [2.05, 4.69) is 20.9 Å². The highest BCUT2D eigenvalue weighted by molar-refractivity contribution is 9.10. The molecular formula is C33H35BrN4O5S. The van der Waals surface area contributed by atoms with Gasteiger partial charge in [-0.25, -0.2) is 13.0 Å². The highest BCUT2D eigenvalue weighted by Crippen LogP contribution is 2.32. The molecule has 1 fully saturated rings. The van der Waals surface area contributed by atoms with Crippen molar-refractivity contribution in [2.75, 3.05) is 24.5 Å². The maximum Gasteiger partial charge on any atom is 0.265 e. The molecule has 9 nitrogen and oxygen atoms in total. The molecule has 0 spiro atoms. The van der Waals surface area contributed by atoms with Crippen molar-refractivity contribution in [2.24, 2.45) is 4.99 Å². The van der Waals surface area contributed by atoms with Gasteiger partial charge in [0, 0.05) is 46.8 Å². The van der Waals surface area contributed by atoms with E-state index in [1.165, 1.54) is 22.7 Å². The number of aryl methyl sites for hydroxylation is 2.